The molecule has 0 bridgehead atoms. The summed E-state index contributed by atoms with van der Waals surface area (Å²) in [6.45, 7) is 1.42. The van der Waals surface area contributed by atoms with E-state index in [0.29, 0.717) is 6.54 Å². The molecule has 0 saturated heterocycles. The van der Waals surface area contributed by atoms with Crippen LogP contribution in [0.1, 0.15) is 10.7 Å². The van der Waals surface area contributed by atoms with E-state index in [9.17, 15) is 0 Å². The number of nitrogens with zero attached hydrogens (tertiary/aromatic N) is 3. The molecule has 6 heteroatoms. The SMILES string of the molecule is Nc1ccsc1CNCc1nnc2ccccn12. The van der Waals surface area contributed by atoms with E-state index in [0.717, 1.165) is 28.6 Å². The Morgan fingerprint density at radius 3 is 3.00 bits per heavy atom. The number of nitrogen functional groups attached to an aromatic ring is 1. The normalized spacial score (nSPS) is 11.1. The van der Waals surface area contributed by atoms with Gasteiger partial charge in [0, 0.05) is 23.3 Å². The van der Waals surface area contributed by atoms with Gasteiger partial charge < -0.3 is 11.1 Å². The number of nitrogens with two attached hydrogens (primary N) is 1. The fraction of sp³-hybridized carbons (Fsp3) is 0.167. The zero-order valence-corrected chi connectivity index (χ0v) is 10.5. The monoisotopic (exact) mass is 259 g/mol. The average Bonchev–Trinajstić information content (AvgIpc) is 2.97. The average molecular weight is 259 g/mol. The summed E-state index contributed by atoms with van der Waals surface area (Å²) >= 11 is 1.66. The molecule has 3 rings (SSSR count). The molecule has 0 radical (unpaired) electrons. The Labute approximate surface area is 108 Å². The van der Waals surface area contributed by atoms with Crippen LogP contribution in [0, 0.1) is 0 Å². The van der Waals surface area contributed by atoms with E-state index in [-0.39, 0.29) is 0 Å². The van der Waals surface area contributed by atoms with Crippen molar-refractivity contribution in [2.45, 2.75) is 13.1 Å². The maximum atomic E-state index is 5.83. The Morgan fingerprint density at radius 1 is 1.22 bits per heavy atom. The van der Waals surface area contributed by atoms with Gasteiger partial charge in [-0.25, -0.2) is 0 Å². The largest absolute Gasteiger partial charge is 0.398 e. The van der Waals surface area contributed by atoms with Crippen molar-refractivity contribution in [3.8, 4) is 0 Å². The minimum atomic E-state index is 0.669. The number of rotatable bonds is 4. The minimum Gasteiger partial charge on any atom is -0.398 e. The predicted molar refractivity (Wildman–Crippen MR) is 72.3 cm³/mol. The van der Waals surface area contributed by atoms with Crippen molar-refractivity contribution in [3.63, 3.8) is 0 Å². The Bertz CT molecular complexity index is 657. The lowest BCUT2D eigenvalue weighted by molar-refractivity contribution is 0.663. The molecule has 18 heavy (non-hydrogen) atoms. The summed E-state index contributed by atoms with van der Waals surface area (Å²) in [7, 11) is 0. The lowest BCUT2D eigenvalue weighted by atomic mass is 10.4. The molecule has 0 amide bonds. The number of thiophene rings is 1. The van der Waals surface area contributed by atoms with Gasteiger partial charge >= 0.3 is 0 Å². The van der Waals surface area contributed by atoms with Gasteiger partial charge in [0.05, 0.1) is 6.54 Å². The Hall–Kier alpha value is -1.92. The Balaban J connectivity index is 1.68. The smallest absolute Gasteiger partial charge is 0.160 e. The maximum Gasteiger partial charge on any atom is 0.160 e. The van der Waals surface area contributed by atoms with Gasteiger partial charge in [0.25, 0.3) is 0 Å². The molecule has 3 heterocycles. The van der Waals surface area contributed by atoms with Crippen LogP contribution in [0.5, 0.6) is 0 Å². The zero-order valence-electron chi connectivity index (χ0n) is 9.71. The molecule has 0 fully saturated rings. The number of pyridine rings is 1. The fourth-order valence-corrected chi connectivity index (χ4v) is 2.56. The quantitative estimate of drug-likeness (QED) is 0.747. The van der Waals surface area contributed by atoms with Crippen LogP contribution < -0.4 is 11.1 Å². The first-order valence-electron chi connectivity index (χ1n) is 5.66. The third kappa shape index (κ3) is 2.07. The number of fused-ring (bicyclic) bond motifs is 1. The first kappa shape index (κ1) is 11.2. The molecule has 0 aromatic carbocycles. The number of aromatic nitrogens is 3. The van der Waals surface area contributed by atoms with E-state index in [1.807, 2.05) is 40.2 Å². The Morgan fingerprint density at radius 2 is 2.17 bits per heavy atom. The molecule has 0 unspecified atom stereocenters. The van der Waals surface area contributed by atoms with Gasteiger partial charge in [0.15, 0.2) is 11.5 Å². The number of anilines is 1. The summed E-state index contributed by atoms with van der Waals surface area (Å²) in [4.78, 5) is 1.16. The van der Waals surface area contributed by atoms with Crippen LogP contribution in [0.3, 0.4) is 0 Å². The predicted octanol–water partition coefficient (Wildman–Crippen LogP) is 1.66. The molecular weight excluding hydrogens is 246 g/mol. The summed E-state index contributed by atoms with van der Waals surface area (Å²) in [6, 6.07) is 7.78. The molecule has 3 aromatic rings. The van der Waals surface area contributed by atoms with Gasteiger partial charge in [-0.05, 0) is 23.6 Å². The molecule has 0 saturated carbocycles. The first-order valence-corrected chi connectivity index (χ1v) is 6.54. The Kier molecular flexibility index (Phi) is 2.95. The van der Waals surface area contributed by atoms with Crippen LogP contribution in [0.15, 0.2) is 35.8 Å². The van der Waals surface area contributed by atoms with Gasteiger partial charge in [-0.2, -0.15) is 0 Å². The van der Waals surface area contributed by atoms with Crippen molar-refractivity contribution in [2.24, 2.45) is 0 Å². The van der Waals surface area contributed by atoms with Crippen LogP contribution in [0.4, 0.5) is 5.69 Å². The minimum absolute atomic E-state index is 0.669. The van der Waals surface area contributed by atoms with Crippen LogP contribution in [0.25, 0.3) is 5.65 Å². The van der Waals surface area contributed by atoms with E-state index >= 15 is 0 Å². The van der Waals surface area contributed by atoms with E-state index in [1.165, 1.54) is 0 Å². The molecule has 3 aromatic heterocycles. The van der Waals surface area contributed by atoms with Crippen molar-refractivity contribution in [1.82, 2.24) is 19.9 Å². The highest BCUT2D eigenvalue weighted by Gasteiger charge is 2.05. The highest BCUT2D eigenvalue weighted by Crippen LogP contribution is 2.18. The van der Waals surface area contributed by atoms with E-state index < -0.39 is 0 Å². The lowest BCUT2D eigenvalue weighted by Crippen LogP contribution is -2.14. The summed E-state index contributed by atoms with van der Waals surface area (Å²) in [5, 5.41) is 13.6. The van der Waals surface area contributed by atoms with Gasteiger partial charge in [0.2, 0.25) is 0 Å². The van der Waals surface area contributed by atoms with Crippen LogP contribution in [0.2, 0.25) is 0 Å². The van der Waals surface area contributed by atoms with Crippen molar-refractivity contribution < 1.29 is 0 Å². The molecule has 3 N–H and O–H groups in total. The van der Waals surface area contributed by atoms with Crippen LogP contribution in [-0.2, 0) is 13.1 Å². The summed E-state index contributed by atoms with van der Waals surface area (Å²) in [5.74, 6) is 0.903. The molecule has 92 valence electrons. The standard InChI is InChI=1S/C12H13N5S/c13-9-4-6-18-10(9)7-14-8-12-16-15-11-3-1-2-5-17(11)12/h1-6,14H,7-8,13H2. The first-order chi connectivity index (χ1) is 8.84. The third-order valence-corrected chi connectivity index (χ3v) is 3.67. The van der Waals surface area contributed by atoms with Gasteiger partial charge in [-0.1, -0.05) is 6.07 Å². The highest BCUT2D eigenvalue weighted by atomic mass is 32.1. The lowest BCUT2D eigenvalue weighted by Gasteiger charge is -2.02. The van der Waals surface area contributed by atoms with Gasteiger partial charge in [-0.15, -0.1) is 21.5 Å². The van der Waals surface area contributed by atoms with Crippen LogP contribution in [-0.4, -0.2) is 14.6 Å². The van der Waals surface area contributed by atoms with Gasteiger partial charge in [-0.3, -0.25) is 4.40 Å². The van der Waals surface area contributed by atoms with Gasteiger partial charge in [0.1, 0.15) is 0 Å². The van der Waals surface area contributed by atoms with E-state index in [4.69, 9.17) is 5.73 Å². The van der Waals surface area contributed by atoms with E-state index in [2.05, 4.69) is 15.5 Å². The molecule has 0 spiro atoms. The third-order valence-electron chi connectivity index (χ3n) is 2.73. The molecule has 0 aliphatic carbocycles. The molecule has 5 nitrogen and oxygen atoms in total. The second-order valence-electron chi connectivity index (χ2n) is 3.95. The van der Waals surface area contributed by atoms with Crippen molar-refractivity contribution in [1.29, 1.82) is 0 Å². The second-order valence-corrected chi connectivity index (χ2v) is 4.95. The zero-order chi connectivity index (χ0) is 12.4. The number of hydrogen-bond acceptors (Lipinski definition) is 5. The maximum absolute atomic E-state index is 5.83. The summed E-state index contributed by atoms with van der Waals surface area (Å²) in [5.41, 5.74) is 7.54. The van der Waals surface area contributed by atoms with Crippen molar-refractivity contribution >= 4 is 22.7 Å². The second kappa shape index (κ2) is 4.75. The topological polar surface area (TPSA) is 68.2 Å². The summed E-state index contributed by atoms with van der Waals surface area (Å²) in [6.07, 6.45) is 1.96. The highest BCUT2D eigenvalue weighted by molar-refractivity contribution is 7.10. The molecule has 0 aliphatic rings. The fourth-order valence-electron chi connectivity index (χ4n) is 1.79. The molecule has 0 atom stereocenters. The number of nitrogens with one attached hydrogen (secondary N) is 1. The van der Waals surface area contributed by atoms with Crippen molar-refractivity contribution in [2.75, 3.05) is 5.73 Å². The molecular formula is C12H13N5S. The van der Waals surface area contributed by atoms with Crippen LogP contribution >= 0.6 is 11.3 Å². The summed E-state index contributed by atoms with van der Waals surface area (Å²) < 4.78 is 1.98. The van der Waals surface area contributed by atoms with E-state index in [1.54, 1.807) is 11.3 Å². The molecule has 0 aliphatic heterocycles. The van der Waals surface area contributed by atoms with Crippen molar-refractivity contribution in [3.05, 3.63) is 46.5 Å². The number of hydrogen-bond donors (Lipinski definition) is 2.